The summed E-state index contributed by atoms with van der Waals surface area (Å²) in [5, 5.41) is 10.1. The van der Waals surface area contributed by atoms with Gasteiger partial charge in [0, 0.05) is 11.8 Å². The third kappa shape index (κ3) is 11.1. The summed E-state index contributed by atoms with van der Waals surface area (Å²) in [5.41, 5.74) is 1.96. The number of benzene rings is 2. The Morgan fingerprint density at radius 3 is 1.20 bits per heavy atom. The van der Waals surface area contributed by atoms with Crippen LogP contribution in [0.25, 0.3) is 0 Å². The van der Waals surface area contributed by atoms with Gasteiger partial charge in [-0.2, -0.15) is 0 Å². The van der Waals surface area contributed by atoms with E-state index in [1.165, 1.54) is 0 Å². The van der Waals surface area contributed by atoms with Gasteiger partial charge in [-0.05, 0) is 24.0 Å². The maximum Gasteiger partial charge on any atom is 0.209 e. The Balaban J connectivity index is 0.000000300. The minimum atomic E-state index is -3.44. The van der Waals surface area contributed by atoms with E-state index in [-0.39, 0.29) is 23.3 Å². The van der Waals surface area contributed by atoms with Crippen LogP contribution in [0, 0.1) is 0 Å². The number of hydrogen-bond donors (Lipinski definition) is 2. The van der Waals surface area contributed by atoms with Gasteiger partial charge in [0.25, 0.3) is 0 Å². The zero-order valence-electron chi connectivity index (χ0n) is 16.9. The van der Waals surface area contributed by atoms with E-state index in [9.17, 15) is 16.8 Å². The van der Waals surface area contributed by atoms with Crippen LogP contribution in [-0.4, -0.2) is 28.3 Å². The molecule has 164 valence electrons. The highest BCUT2D eigenvalue weighted by atomic mass is 32.2. The average molecular weight is 451 g/mol. The predicted octanol–water partition coefficient (Wildman–Crippen LogP) is 3.27. The maximum atomic E-state index is 11.0. The molecular weight excluding hydrogens is 420 g/mol. The second-order valence-electron chi connectivity index (χ2n) is 6.92. The lowest BCUT2D eigenvalue weighted by atomic mass is 9.98. The number of hydrogen-bond acceptors (Lipinski definition) is 4. The van der Waals surface area contributed by atoms with Gasteiger partial charge in [0.2, 0.25) is 20.0 Å². The van der Waals surface area contributed by atoms with Crippen LogP contribution in [0.15, 0.2) is 86.0 Å². The Hall–Kier alpha value is -2.26. The fourth-order valence-electron chi connectivity index (χ4n) is 3.01. The SMILES string of the molecule is C=CC[C@@H](CS(N)(=O)=O)c1ccccc1.C=CC[C@H](CS(N)(=O)=O)c1ccccc1. The molecule has 0 fully saturated rings. The van der Waals surface area contributed by atoms with Crippen LogP contribution in [0.5, 0.6) is 0 Å². The van der Waals surface area contributed by atoms with E-state index in [1.807, 2.05) is 60.7 Å². The smallest absolute Gasteiger partial charge is 0.209 e. The Kier molecular flexibility index (Phi) is 10.7. The molecule has 2 rings (SSSR count). The zero-order valence-corrected chi connectivity index (χ0v) is 18.6. The van der Waals surface area contributed by atoms with Crippen molar-refractivity contribution in [3.8, 4) is 0 Å². The zero-order chi connectivity index (χ0) is 22.6. The first kappa shape index (κ1) is 25.8. The molecule has 6 nitrogen and oxygen atoms in total. The van der Waals surface area contributed by atoms with Crippen LogP contribution in [0.3, 0.4) is 0 Å². The molecule has 0 saturated carbocycles. The van der Waals surface area contributed by atoms with Crippen LogP contribution in [0.1, 0.15) is 35.8 Å². The largest absolute Gasteiger partial charge is 0.229 e. The van der Waals surface area contributed by atoms with Crippen molar-refractivity contribution in [3.05, 3.63) is 97.1 Å². The average Bonchev–Trinajstić information content (AvgIpc) is 2.67. The Morgan fingerprint density at radius 2 is 0.967 bits per heavy atom. The van der Waals surface area contributed by atoms with E-state index in [0.717, 1.165) is 11.1 Å². The predicted molar refractivity (Wildman–Crippen MR) is 124 cm³/mol. The first-order valence-electron chi connectivity index (χ1n) is 9.38. The van der Waals surface area contributed by atoms with Crippen molar-refractivity contribution in [2.75, 3.05) is 11.5 Å². The highest BCUT2D eigenvalue weighted by molar-refractivity contribution is 7.89. The summed E-state index contributed by atoms with van der Waals surface area (Å²) in [6.45, 7) is 7.24. The summed E-state index contributed by atoms with van der Waals surface area (Å²) in [6, 6.07) is 18.9. The van der Waals surface area contributed by atoms with E-state index >= 15 is 0 Å². The van der Waals surface area contributed by atoms with Crippen molar-refractivity contribution in [1.29, 1.82) is 0 Å². The molecule has 0 aliphatic carbocycles. The van der Waals surface area contributed by atoms with E-state index < -0.39 is 20.0 Å². The normalized spacial score (nSPS) is 13.4. The topological polar surface area (TPSA) is 120 Å². The number of sulfonamides is 2. The van der Waals surface area contributed by atoms with E-state index in [4.69, 9.17) is 10.3 Å². The fourth-order valence-corrected chi connectivity index (χ4v) is 4.79. The third-order valence-corrected chi connectivity index (χ3v) is 6.05. The number of primary sulfonamides is 2. The van der Waals surface area contributed by atoms with Gasteiger partial charge in [-0.3, -0.25) is 0 Å². The molecule has 0 aliphatic heterocycles. The molecule has 2 atom stereocenters. The number of allylic oxidation sites excluding steroid dienone is 2. The minimum absolute atomic E-state index is 0.0387. The van der Waals surface area contributed by atoms with Crippen molar-refractivity contribution in [3.63, 3.8) is 0 Å². The van der Waals surface area contributed by atoms with Crippen LogP contribution in [-0.2, 0) is 20.0 Å². The molecule has 2 aromatic carbocycles. The summed E-state index contributed by atoms with van der Waals surface area (Å²) in [7, 11) is -6.88. The van der Waals surface area contributed by atoms with Gasteiger partial charge in [0.1, 0.15) is 0 Å². The van der Waals surface area contributed by atoms with Gasteiger partial charge in [0.05, 0.1) is 11.5 Å². The van der Waals surface area contributed by atoms with Gasteiger partial charge in [-0.1, -0.05) is 72.8 Å². The lowest BCUT2D eigenvalue weighted by molar-refractivity contribution is 0.587. The molecule has 30 heavy (non-hydrogen) atoms. The van der Waals surface area contributed by atoms with E-state index in [1.54, 1.807) is 12.2 Å². The molecule has 0 unspecified atom stereocenters. The monoisotopic (exact) mass is 450 g/mol. The molecule has 0 heterocycles. The van der Waals surface area contributed by atoms with Gasteiger partial charge >= 0.3 is 0 Å². The Labute approximate surface area is 180 Å². The Morgan fingerprint density at radius 1 is 0.667 bits per heavy atom. The van der Waals surface area contributed by atoms with Crippen molar-refractivity contribution >= 4 is 20.0 Å². The number of nitrogens with two attached hydrogens (primary N) is 2. The molecule has 0 bridgehead atoms. The quantitative estimate of drug-likeness (QED) is 0.540. The summed E-state index contributed by atoms with van der Waals surface area (Å²) in [5.74, 6) is -0.274. The van der Waals surface area contributed by atoms with Crippen molar-refractivity contribution in [1.82, 2.24) is 0 Å². The third-order valence-electron chi connectivity index (χ3n) is 4.31. The van der Waals surface area contributed by atoms with E-state index in [2.05, 4.69) is 13.2 Å². The van der Waals surface area contributed by atoms with Crippen LogP contribution < -0.4 is 10.3 Å². The van der Waals surface area contributed by atoms with Gasteiger partial charge in [0.15, 0.2) is 0 Å². The summed E-state index contributed by atoms with van der Waals surface area (Å²) >= 11 is 0. The van der Waals surface area contributed by atoms with Gasteiger partial charge < -0.3 is 0 Å². The van der Waals surface area contributed by atoms with Gasteiger partial charge in [-0.15, -0.1) is 13.2 Å². The molecular formula is C22H30N2O4S2. The molecule has 0 saturated heterocycles. The van der Waals surface area contributed by atoms with E-state index in [0.29, 0.717) is 12.8 Å². The summed E-state index contributed by atoms with van der Waals surface area (Å²) in [6.07, 6.45) is 4.65. The van der Waals surface area contributed by atoms with Crippen molar-refractivity contribution < 1.29 is 16.8 Å². The molecule has 0 spiro atoms. The van der Waals surface area contributed by atoms with Gasteiger partial charge in [-0.25, -0.2) is 27.1 Å². The second kappa shape index (κ2) is 12.4. The first-order chi connectivity index (χ1) is 14.1. The highest BCUT2D eigenvalue weighted by Crippen LogP contribution is 2.21. The second-order valence-corrected chi connectivity index (χ2v) is 10.2. The first-order valence-corrected chi connectivity index (χ1v) is 12.8. The molecule has 0 amide bonds. The van der Waals surface area contributed by atoms with Crippen LogP contribution >= 0.6 is 0 Å². The summed E-state index contributed by atoms with van der Waals surface area (Å²) < 4.78 is 44.1. The molecule has 4 N–H and O–H groups in total. The highest BCUT2D eigenvalue weighted by Gasteiger charge is 2.17. The number of rotatable bonds is 10. The fraction of sp³-hybridized carbons (Fsp3) is 0.273. The molecule has 0 aliphatic rings. The maximum absolute atomic E-state index is 11.0. The standard InChI is InChI=1S/2C11H15NO2S/c2*1-2-6-11(9-15(12,13)14)10-7-4-3-5-8-10/h2*2-5,7-8,11H,1,6,9H2,(H2,12,13,14)/t2*11-/m10/s1. The Bertz CT molecular complexity index is 906. The van der Waals surface area contributed by atoms with Crippen molar-refractivity contribution in [2.45, 2.75) is 24.7 Å². The summed E-state index contributed by atoms with van der Waals surface area (Å²) in [4.78, 5) is 0. The molecule has 0 aromatic heterocycles. The van der Waals surface area contributed by atoms with Crippen LogP contribution in [0.2, 0.25) is 0 Å². The molecule has 0 radical (unpaired) electrons. The lowest BCUT2D eigenvalue weighted by Gasteiger charge is -2.13. The van der Waals surface area contributed by atoms with Crippen molar-refractivity contribution in [2.24, 2.45) is 10.3 Å². The minimum Gasteiger partial charge on any atom is -0.229 e. The molecule has 2 aromatic rings. The lowest BCUT2D eigenvalue weighted by Crippen LogP contribution is -2.21. The van der Waals surface area contributed by atoms with Crippen LogP contribution in [0.4, 0.5) is 0 Å². The molecule has 8 heteroatoms.